The molecule has 3 amide bonds. The Kier molecular flexibility index (Phi) is 5.52. The minimum absolute atomic E-state index is 0.272. The number of urea groups is 1. The van der Waals surface area contributed by atoms with Crippen LogP contribution in [0.2, 0.25) is 0 Å². The summed E-state index contributed by atoms with van der Waals surface area (Å²) in [6.45, 7) is 5.59. The van der Waals surface area contributed by atoms with Gasteiger partial charge in [-0.1, -0.05) is 18.2 Å². The number of nitrogens with one attached hydrogen (secondary N) is 3. The Bertz CT molecular complexity index is 454. The van der Waals surface area contributed by atoms with E-state index in [1.165, 1.54) is 0 Å². The van der Waals surface area contributed by atoms with E-state index in [2.05, 4.69) is 16.0 Å². The van der Waals surface area contributed by atoms with Crippen molar-refractivity contribution in [3.05, 3.63) is 30.3 Å². The fraction of sp³-hybridized carbons (Fsp3) is 0.429. The second-order valence-corrected chi connectivity index (χ2v) is 5.39. The molecule has 6 nitrogen and oxygen atoms in total. The molecular weight excluding hydrogens is 256 g/mol. The standard InChI is InChI=1S/C14H22N4O2/c1-10(12(19)16-9-14(2,3)15)17-13(20)18-11-7-5-4-6-8-11/h4-8,10H,9,15H2,1-3H3,(H,16,19)(H2,17,18,20). The topological polar surface area (TPSA) is 96.2 Å². The van der Waals surface area contributed by atoms with Crippen LogP contribution in [0.15, 0.2) is 30.3 Å². The summed E-state index contributed by atoms with van der Waals surface area (Å²) < 4.78 is 0. The van der Waals surface area contributed by atoms with Gasteiger partial charge >= 0.3 is 6.03 Å². The van der Waals surface area contributed by atoms with Crippen LogP contribution in [-0.4, -0.2) is 30.1 Å². The highest BCUT2D eigenvalue weighted by Crippen LogP contribution is 2.04. The Morgan fingerprint density at radius 3 is 2.40 bits per heavy atom. The Balaban J connectivity index is 2.39. The second-order valence-electron chi connectivity index (χ2n) is 5.39. The quantitative estimate of drug-likeness (QED) is 0.648. The molecule has 1 aromatic carbocycles. The zero-order chi connectivity index (χ0) is 15.2. The lowest BCUT2D eigenvalue weighted by Gasteiger charge is -2.21. The van der Waals surface area contributed by atoms with Gasteiger partial charge in [-0.25, -0.2) is 4.79 Å². The van der Waals surface area contributed by atoms with Crippen molar-refractivity contribution in [2.45, 2.75) is 32.4 Å². The van der Waals surface area contributed by atoms with Crippen molar-refractivity contribution < 1.29 is 9.59 Å². The van der Waals surface area contributed by atoms with Gasteiger partial charge in [0.2, 0.25) is 5.91 Å². The predicted molar refractivity (Wildman–Crippen MR) is 79.3 cm³/mol. The average molecular weight is 278 g/mol. The lowest BCUT2D eigenvalue weighted by molar-refractivity contribution is -0.122. The molecule has 1 aromatic rings. The van der Waals surface area contributed by atoms with E-state index in [1.54, 1.807) is 19.1 Å². The van der Waals surface area contributed by atoms with Crippen molar-refractivity contribution in [2.75, 3.05) is 11.9 Å². The number of hydrogen-bond donors (Lipinski definition) is 4. The Morgan fingerprint density at radius 1 is 1.25 bits per heavy atom. The van der Waals surface area contributed by atoms with Gasteiger partial charge in [0, 0.05) is 17.8 Å². The number of anilines is 1. The van der Waals surface area contributed by atoms with Crippen molar-refractivity contribution in [1.82, 2.24) is 10.6 Å². The normalized spacial score (nSPS) is 12.4. The summed E-state index contributed by atoms with van der Waals surface area (Å²) in [6, 6.07) is 7.95. The van der Waals surface area contributed by atoms with E-state index < -0.39 is 17.6 Å². The minimum atomic E-state index is -0.638. The Labute approximate surface area is 119 Å². The fourth-order valence-corrected chi connectivity index (χ4v) is 1.42. The number of benzene rings is 1. The molecule has 0 fully saturated rings. The van der Waals surface area contributed by atoms with Gasteiger partial charge < -0.3 is 21.7 Å². The summed E-state index contributed by atoms with van der Waals surface area (Å²) in [5.41, 5.74) is 5.96. The molecule has 0 saturated carbocycles. The van der Waals surface area contributed by atoms with E-state index in [0.717, 1.165) is 0 Å². The first-order valence-corrected chi connectivity index (χ1v) is 6.47. The SMILES string of the molecule is CC(NC(=O)Nc1ccccc1)C(=O)NCC(C)(C)N. The van der Waals surface area contributed by atoms with Gasteiger partial charge in [-0.3, -0.25) is 4.79 Å². The molecule has 1 rings (SSSR count). The highest BCUT2D eigenvalue weighted by Gasteiger charge is 2.18. The Hall–Kier alpha value is -2.08. The highest BCUT2D eigenvalue weighted by molar-refractivity contribution is 5.93. The van der Waals surface area contributed by atoms with Crippen molar-refractivity contribution in [3.8, 4) is 0 Å². The summed E-state index contributed by atoms with van der Waals surface area (Å²) in [6.07, 6.45) is 0. The zero-order valence-electron chi connectivity index (χ0n) is 12.1. The van der Waals surface area contributed by atoms with Crippen LogP contribution in [0.25, 0.3) is 0 Å². The van der Waals surface area contributed by atoms with Gasteiger partial charge in [-0.15, -0.1) is 0 Å². The van der Waals surface area contributed by atoms with Crippen LogP contribution in [0, 0.1) is 0 Å². The van der Waals surface area contributed by atoms with E-state index in [0.29, 0.717) is 12.2 Å². The fourth-order valence-electron chi connectivity index (χ4n) is 1.42. The van der Waals surface area contributed by atoms with E-state index in [4.69, 9.17) is 5.73 Å². The first-order valence-electron chi connectivity index (χ1n) is 6.47. The Morgan fingerprint density at radius 2 is 1.85 bits per heavy atom. The predicted octanol–water partition coefficient (Wildman–Crippen LogP) is 1.05. The molecule has 0 aliphatic rings. The largest absolute Gasteiger partial charge is 0.353 e. The first kappa shape index (κ1) is 16.0. The van der Waals surface area contributed by atoms with Gasteiger partial charge in [-0.2, -0.15) is 0 Å². The van der Waals surface area contributed by atoms with Gasteiger partial charge in [-0.05, 0) is 32.9 Å². The van der Waals surface area contributed by atoms with E-state index in [9.17, 15) is 9.59 Å². The molecule has 1 atom stereocenters. The molecule has 1 unspecified atom stereocenters. The third-order valence-electron chi connectivity index (χ3n) is 2.49. The first-order chi connectivity index (χ1) is 9.28. The number of hydrogen-bond acceptors (Lipinski definition) is 3. The summed E-state index contributed by atoms with van der Waals surface area (Å²) in [7, 11) is 0. The van der Waals surface area contributed by atoms with Crippen LogP contribution in [0.5, 0.6) is 0 Å². The van der Waals surface area contributed by atoms with Crippen molar-refractivity contribution in [2.24, 2.45) is 5.73 Å². The van der Waals surface area contributed by atoms with E-state index in [1.807, 2.05) is 32.0 Å². The van der Waals surface area contributed by atoms with Crippen LogP contribution in [-0.2, 0) is 4.79 Å². The molecule has 0 bridgehead atoms. The maximum absolute atomic E-state index is 11.8. The average Bonchev–Trinajstić information content (AvgIpc) is 2.36. The molecule has 0 aliphatic heterocycles. The number of nitrogens with two attached hydrogens (primary N) is 1. The molecule has 0 aliphatic carbocycles. The van der Waals surface area contributed by atoms with Crippen LogP contribution in [0.3, 0.4) is 0 Å². The van der Waals surface area contributed by atoms with E-state index >= 15 is 0 Å². The molecule has 0 aromatic heterocycles. The molecule has 0 radical (unpaired) electrons. The number of carbonyl (C=O) groups excluding carboxylic acids is 2. The van der Waals surface area contributed by atoms with Gasteiger partial charge in [0.05, 0.1) is 0 Å². The van der Waals surface area contributed by atoms with E-state index in [-0.39, 0.29) is 5.91 Å². The van der Waals surface area contributed by atoms with Crippen molar-refractivity contribution in [3.63, 3.8) is 0 Å². The monoisotopic (exact) mass is 278 g/mol. The number of rotatable bonds is 5. The zero-order valence-corrected chi connectivity index (χ0v) is 12.1. The molecule has 0 heterocycles. The van der Waals surface area contributed by atoms with Crippen LogP contribution < -0.4 is 21.7 Å². The summed E-state index contributed by atoms with van der Waals surface area (Å²) >= 11 is 0. The van der Waals surface area contributed by atoms with Gasteiger partial charge in [0.25, 0.3) is 0 Å². The van der Waals surface area contributed by atoms with Crippen LogP contribution in [0.1, 0.15) is 20.8 Å². The van der Waals surface area contributed by atoms with Crippen LogP contribution in [0.4, 0.5) is 10.5 Å². The highest BCUT2D eigenvalue weighted by atomic mass is 16.2. The van der Waals surface area contributed by atoms with Gasteiger partial charge in [0.1, 0.15) is 6.04 Å². The lowest BCUT2D eigenvalue weighted by Crippen LogP contribution is -2.51. The molecule has 6 heteroatoms. The molecule has 20 heavy (non-hydrogen) atoms. The second kappa shape index (κ2) is 6.91. The number of para-hydroxylation sites is 1. The smallest absolute Gasteiger partial charge is 0.319 e. The third-order valence-corrected chi connectivity index (χ3v) is 2.49. The summed E-state index contributed by atoms with van der Waals surface area (Å²) in [4.78, 5) is 23.5. The van der Waals surface area contributed by atoms with Gasteiger partial charge in [0.15, 0.2) is 0 Å². The maximum atomic E-state index is 11.8. The molecule has 5 N–H and O–H groups in total. The molecule has 0 saturated heterocycles. The van der Waals surface area contributed by atoms with Crippen molar-refractivity contribution in [1.29, 1.82) is 0 Å². The number of carbonyl (C=O) groups is 2. The van der Waals surface area contributed by atoms with Crippen molar-refractivity contribution >= 4 is 17.6 Å². The molecule has 0 spiro atoms. The minimum Gasteiger partial charge on any atom is -0.353 e. The van der Waals surface area contributed by atoms with Crippen LogP contribution >= 0.6 is 0 Å². The maximum Gasteiger partial charge on any atom is 0.319 e. The lowest BCUT2D eigenvalue weighted by atomic mass is 10.1. The molecular formula is C14H22N4O2. The summed E-state index contributed by atoms with van der Waals surface area (Å²) in [5, 5.41) is 7.89. The molecule has 110 valence electrons. The summed E-state index contributed by atoms with van der Waals surface area (Å²) in [5.74, 6) is -0.272. The third kappa shape index (κ3) is 6.19. The number of amides is 3.